The van der Waals surface area contributed by atoms with Crippen molar-refractivity contribution in [2.24, 2.45) is 0 Å². The van der Waals surface area contributed by atoms with Gasteiger partial charge in [-0.2, -0.15) is 0 Å². The Kier molecular flexibility index (Phi) is 7.33. The summed E-state index contributed by atoms with van der Waals surface area (Å²) >= 11 is 12.6. The van der Waals surface area contributed by atoms with Crippen LogP contribution in [0.1, 0.15) is 30.4 Å². The molecule has 0 radical (unpaired) electrons. The van der Waals surface area contributed by atoms with Gasteiger partial charge in [-0.15, -0.1) is 0 Å². The summed E-state index contributed by atoms with van der Waals surface area (Å²) in [6.45, 7) is 3.53. The second kappa shape index (κ2) is 10.4. The molecule has 1 N–H and O–H groups in total. The number of ether oxygens (including phenoxy) is 1. The van der Waals surface area contributed by atoms with Gasteiger partial charge in [-0.05, 0) is 48.4 Å². The Labute approximate surface area is 193 Å². The average Bonchev–Trinajstić information content (AvgIpc) is 3.18. The van der Waals surface area contributed by atoms with Crippen molar-refractivity contribution in [1.82, 2.24) is 10.2 Å². The van der Waals surface area contributed by atoms with Crippen molar-refractivity contribution in [1.29, 1.82) is 0 Å². The first-order valence-electron chi connectivity index (χ1n) is 10.7. The zero-order valence-electron chi connectivity index (χ0n) is 17.4. The third kappa shape index (κ3) is 5.32. The lowest BCUT2D eigenvalue weighted by Crippen LogP contribution is -2.28. The molecule has 4 rings (SSSR count). The summed E-state index contributed by atoms with van der Waals surface area (Å²) in [7, 11) is 0. The van der Waals surface area contributed by atoms with Gasteiger partial charge < -0.3 is 15.0 Å². The SMILES string of the molecule is O=C1CCCN1CCCNCc1c(OCc2c(Cl)cccc2Cl)ccc2ccccc12. The fraction of sp³-hybridized carbons (Fsp3) is 0.320. The lowest BCUT2D eigenvalue weighted by molar-refractivity contribution is -0.127. The normalized spacial score (nSPS) is 13.9. The lowest BCUT2D eigenvalue weighted by atomic mass is 10.0. The quantitative estimate of drug-likeness (QED) is 0.411. The van der Waals surface area contributed by atoms with Crippen molar-refractivity contribution in [3.8, 4) is 5.75 Å². The fourth-order valence-electron chi connectivity index (χ4n) is 4.00. The minimum atomic E-state index is 0.281. The molecule has 1 amide bonds. The van der Waals surface area contributed by atoms with Crippen molar-refractivity contribution in [2.45, 2.75) is 32.4 Å². The number of amides is 1. The lowest BCUT2D eigenvalue weighted by Gasteiger charge is -2.17. The van der Waals surface area contributed by atoms with E-state index in [1.165, 1.54) is 5.39 Å². The van der Waals surface area contributed by atoms with Crippen LogP contribution >= 0.6 is 23.2 Å². The summed E-state index contributed by atoms with van der Waals surface area (Å²) in [6, 6.07) is 17.8. The molecule has 1 saturated heterocycles. The van der Waals surface area contributed by atoms with E-state index >= 15 is 0 Å². The average molecular weight is 457 g/mol. The van der Waals surface area contributed by atoms with E-state index in [0.717, 1.165) is 54.7 Å². The molecule has 3 aromatic rings. The van der Waals surface area contributed by atoms with Crippen LogP contribution in [0.5, 0.6) is 5.75 Å². The van der Waals surface area contributed by atoms with Crippen molar-refractivity contribution in [3.05, 3.63) is 75.8 Å². The maximum Gasteiger partial charge on any atom is 0.222 e. The number of fused-ring (bicyclic) bond motifs is 1. The second-order valence-electron chi connectivity index (χ2n) is 7.77. The molecule has 1 fully saturated rings. The Morgan fingerprint density at radius 1 is 0.968 bits per heavy atom. The molecule has 1 aliphatic rings. The summed E-state index contributed by atoms with van der Waals surface area (Å²) in [4.78, 5) is 13.7. The molecule has 4 nitrogen and oxygen atoms in total. The minimum Gasteiger partial charge on any atom is -0.488 e. The molecule has 1 heterocycles. The van der Waals surface area contributed by atoms with Crippen molar-refractivity contribution in [2.75, 3.05) is 19.6 Å². The van der Waals surface area contributed by atoms with Gasteiger partial charge in [0.15, 0.2) is 0 Å². The fourth-order valence-corrected chi connectivity index (χ4v) is 4.51. The second-order valence-corrected chi connectivity index (χ2v) is 8.58. The predicted molar refractivity (Wildman–Crippen MR) is 127 cm³/mol. The maximum atomic E-state index is 11.8. The molecule has 6 heteroatoms. The van der Waals surface area contributed by atoms with Crippen LogP contribution in [-0.2, 0) is 17.9 Å². The van der Waals surface area contributed by atoms with Crippen molar-refractivity contribution >= 4 is 39.9 Å². The minimum absolute atomic E-state index is 0.281. The number of hydrogen-bond donors (Lipinski definition) is 1. The molecule has 162 valence electrons. The smallest absolute Gasteiger partial charge is 0.222 e. The summed E-state index contributed by atoms with van der Waals surface area (Å²) in [5, 5.41) is 7.06. The van der Waals surface area contributed by atoms with Crippen LogP contribution in [0.2, 0.25) is 10.0 Å². The highest BCUT2D eigenvalue weighted by Crippen LogP contribution is 2.31. The Bertz CT molecular complexity index is 1050. The molecule has 0 unspecified atom stereocenters. The monoisotopic (exact) mass is 456 g/mol. The number of hydrogen-bond acceptors (Lipinski definition) is 3. The molecular weight excluding hydrogens is 431 g/mol. The van der Waals surface area contributed by atoms with E-state index in [1.54, 1.807) is 0 Å². The molecule has 31 heavy (non-hydrogen) atoms. The Balaban J connectivity index is 1.44. The van der Waals surface area contributed by atoms with Gasteiger partial charge in [0.25, 0.3) is 0 Å². The molecule has 0 atom stereocenters. The molecule has 0 spiro atoms. The zero-order valence-corrected chi connectivity index (χ0v) is 18.9. The van der Waals surface area contributed by atoms with E-state index in [9.17, 15) is 4.79 Å². The number of nitrogens with zero attached hydrogens (tertiary/aromatic N) is 1. The molecule has 1 aliphatic heterocycles. The van der Waals surface area contributed by atoms with Crippen LogP contribution < -0.4 is 10.1 Å². The van der Waals surface area contributed by atoms with E-state index in [4.69, 9.17) is 27.9 Å². The van der Waals surface area contributed by atoms with E-state index in [2.05, 4.69) is 23.5 Å². The number of carbonyl (C=O) groups is 1. The third-order valence-corrected chi connectivity index (χ3v) is 6.39. The highest BCUT2D eigenvalue weighted by Gasteiger charge is 2.19. The van der Waals surface area contributed by atoms with Crippen LogP contribution in [0.3, 0.4) is 0 Å². The first kappa shape index (κ1) is 21.9. The number of carbonyl (C=O) groups excluding carboxylic acids is 1. The van der Waals surface area contributed by atoms with E-state index < -0.39 is 0 Å². The number of rotatable bonds is 9. The van der Waals surface area contributed by atoms with Crippen LogP contribution in [0.25, 0.3) is 10.8 Å². The van der Waals surface area contributed by atoms with E-state index in [1.807, 2.05) is 41.3 Å². The van der Waals surface area contributed by atoms with Gasteiger partial charge in [-0.3, -0.25) is 4.79 Å². The largest absolute Gasteiger partial charge is 0.488 e. The van der Waals surface area contributed by atoms with Gasteiger partial charge in [-0.1, -0.05) is 59.6 Å². The van der Waals surface area contributed by atoms with E-state index in [-0.39, 0.29) is 5.91 Å². The van der Waals surface area contributed by atoms with Crippen LogP contribution in [0.4, 0.5) is 0 Å². The van der Waals surface area contributed by atoms with Gasteiger partial charge in [0.1, 0.15) is 12.4 Å². The van der Waals surface area contributed by atoms with Crippen molar-refractivity contribution < 1.29 is 9.53 Å². The molecule has 3 aromatic carbocycles. The predicted octanol–water partition coefficient (Wildman–Crippen LogP) is 5.83. The number of benzene rings is 3. The Hall–Kier alpha value is -2.27. The van der Waals surface area contributed by atoms with Crippen LogP contribution in [0, 0.1) is 0 Å². The maximum absolute atomic E-state index is 11.8. The topological polar surface area (TPSA) is 41.6 Å². The van der Waals surface area contributed by atoms with Gasteiger partial charge >= 0.3 is 0 Å². The molecular formula is C25H26Cl2N2O2. The Morgan fingerprint density at radius 2 is 1.77 bits per heavy atom. The molecule has 0 aliphatic carbocycles. The first-order valence-corrected chi connectivity index (χ1v) is 11.4. The van der Waals surface area contributed by atoms with Crippen LogP contribution in [-0.4, -0.2) is 30.4 Å². The van der Waals surface area contributed by atoms with E-state index in [0.29, 0.717) is 29.6 Å². The zero-order chi connectivity index (χ0) is 21.6. The van der Waals surface area contributed by atoms with Crippen LogP contribution in [0.15, 0.2) is 54.6 Å². The summed E-state index contributed by atoms with van der Waals surface area (Å²) in [5.74, 6) is 1.10. The molecule has 0 saturated carbocycles. The highest BCUT2D eigenvalue weighted by molar-refractivity contribution is 6.35. The summed E-state index contributed by atoms with van der Waals surface area (Å²) in [5.41, 5.74) is 1.90. The number of likely N-dealkylation sites (tertiary alicyclic amines) is 1. The van der Waals surface area contributed by atoms with Crippen molar-refractivity contribution in [3.63, 3.8) is 0 Å². The molecule has 0 aromatic heterocycles. The molecule has 0 bridgehead atoms. The number of halogens is 2. The Morgan fingerprint density at radius 3 is 2.55 bits per heavy atom. The van der Waals surface area contributed by atoms with Gasteiger partial charge in [0.2, 0.25) is 5.91 Å². The summed E-state index contributed by atoms with van der Waals surface area (Å²) < 4.78 is 6.18. The van der Waals surface area contributed by atoms with Gasteiger partial charge in [-0.25, -0.2) is 0 Å². The standard InChI is InChI=1S/C25H26Cl2N2O2/c26-22-8-3-9-23(27)21(22)17-31-24-12-11-18-6-1-2-7-19(18)20(24)16-28-13-5-15-29-14-4-10-25(29)30/h1-3,6-9,11-12,28H,4-5,10,13-17H2. The number of nitrogens with one attached hydrogen (secondary N) is 1. The summed E-state index contributed by atoms with van der Waals surface area (Å²) in [6.07, 6.45) is 2.61. The highest BCUT2D eigenvalue weighted by atomic mass is 35.5. The first-order chi connectivity index (χ1) is 15.1. The van der Waals surface area contributed by atoms with Gasteiger partial charge in [0.05, 0.1) is 0 Å². The third-order valence-electron chi connectivity index (χ3n) is 5.69. The van der Waals surface area contributed by atoms with Gasteiger partial charge in [0, 0.05) is 47.2 Å².